The number of rotatable bonds is 8. The Balaban J connectivity index is 1.64. The summed E-state index contributed by atoms with van der Waals surface area (Å²) in [5.74, 6) is 5.42. The first-order chi connectivity index (χ1) is 18.0. The highest BCUT2D eigenvalue weighted by Crippen LogP contribution is 2.32. The Labute approximate surface area is 218 Å². The minimum atomic E-state index is -1.58. The molecular weight excluding hydrogens is 492 g/mol. The van der Waals surface area contributed by atoms with Crippen LogP contribution >= 0.6 is 0 Å². The molecule has 0 aliphatic heterocycles. The molecular formula is C28H29F2N5O3. The van der Waals surface area contributed by atoms with Crippen molar-refractivity contribution in [3.05, 3.63) is 95.4 Å². The number of nitrogens with zero attached hydrogens (tertiary/aromatic N) is 3. The molecule has 0 saturated carbocycles. The maximum Gasteiger partial charge on any atom is 0.155 e. The third kappa shape index (κ3) is 5.72. The van der Waals surface area contributed by atoms with Gasteiger partial charge in [-0.25, -0.2) is 19.6 Å². The van der Waals surface area contributed by atoms with Gasteiger partial charge in [0, 0.05) is 34.5 Å². The van der Waals surface area contributed by atoms with Crippen LogP contribution < -0.4 is 16.3 Å². The number of benzene rings is 2. The number of pyridine rings is 2. The maximum atomic E-state index is 15.3. The maximum absolute atomic E-state index is 15.3. The summed E-state index contributed by atoms with van der Waals surface area (Å²) in [6, 6.07) is 13.6. The number of aliphatic hydroxyl groups is 2. The van der Waals surface area contributed by atoms with E-state index in [0.717, 1.165) is 5.39 Å². The summed E-state index contributed by atoms with van der Waals surface area (Å²) < 4.78 is 34.2. The van der Waals surface area contributed by atoms with Crippen molar-refractivity contribution in [2.45, 2.75) is 25.6 Å². The molecule has 0 saturated heterocycles. The number of aromatic nitrogens is 2. The summed E-state index contributed by atoms with van der Waals surface area (Å²) in [5, 5.41) is 23.5. The zero-order chi connectivity index (χ0) is 27.6. The molecule has 2 aromatic carbocycles. The summed E-state index contributed by atoms with van der Waals surface area (Å²) >= 11 is 0. The SMILES string of the molecule is COc1cc(/C(N)=C/N(N)CC(O)c2cc(C(C)(C)O)c(F)c(-c3ccc(F)cc3)n2)cc2cccnc12. The molecule has 0 spiro atoms. The monoisotopic (exact) mass is 521 g/mol. The molecule has 0 aliphatic rings. The lowest BCUT2D eigenvalue weighted by molar-refractivity contribution is 0.0736. The molecule has 4 rings (SSSR count). The average Bonchev–Trinajstić information content (AvgIpc) is 2.87. The molecule has 2 aromatic heterocycles. The fourth-order valence-electron chi connectivity index (χ4n) is 4.04. The highest BCUT2D eigenvalue weighted by Gasteiger charge is 2.27. The number of ether oxygens (including phenoxy) is 1. The van der Waals surface area contributed by atoms with E-state index in [0.29, 0.717) is 22.5 Å². The van der Waals surface area contributed by atoms with E-state index in [1.807, 2.05) is 12.1 Å². The predicted molar refractivity (Wildman–Crippen MR) is 141 cm³/mol. The first kappa shape index (κ1) is 26.9. The summed E-state index contributed by atoms with van der Waals surface area (Å²) in [6.07, 6.45) is 1.84. The lowest BCUT2D eigenvalue weighted by atomic mass is 9.94. The second-order valence-electron chi connectivity index (χ2n) is 9.37. The van der Waals surface area contributed by atoms with Gasteiger partial charge < -0.3 is 25.7 Å². The number of fused-ring (bicyclic) bond motifs is 1. The van der Waals surface area contributed by atoms with Gasteiger partial charge in [0.2, 0.25) is 0 Å². The van der Waals surface area contributed by atoms with Crippen molar-refractivity contribution in [3.8, 4) is 17.0 Å². The topological polar surface area (TPSA) is 131 Å². The molecule has 0 aliphatic carbocycles. The molecule has 1 unspecified atom stereocenters. The molecule has 38 heavy (non-hydrogen) atoms. The van der Waals surface area contributed by atoms with E-state index in [1.165, 1.54) is 62.5 Å². The van der Waals surface area contributed by atoms with Gasteiger partial charge in [-0.3, -0.25) is 4.98 Å². The summed E-state index contributed by atoms with van der Waals surface area (Å²) in [4.78, 5) is 8.60. The number of aliphatic hydroxyl groups excluding tert-OH is 1. The molecule has 8 nitrogen and oxygen atoms in total. The third-order valence-electron chi connectivity index (χ3n) is 6.01. The van der Waals surface area contributed by atoms with Gasteiger partial charge in [0.1, 0.15) is 28.9 Å². The fourth-order valence-corrected chi connectivity index (χ4v) is 4.04. The molecule has 2 heterocycles. The van der Waals surface area contributed by atoms with Crippen molar-refractivity contribution in [1.82, 2.24) is 15.0 Å². The molecule has 1 atom stereocenters. The van der Waals surface area contributed by atoms with Crippen LogP contribution in [0.1, 0.15) is 36.8 Å². The van der Waals surface area contributed by atoms with Crippen molar-refractivity contribution < 1.29 is 23.7 Å². The van der Waals surface area contributed by atoms with Crippen molar-refractivity contribution >= 4 is 16.6 Å². The van der Waals surface area contributed by atoms with Gasteiger partial charge in [0.25, 0.3) is 0 Å². The van der Waals surface area contributed by atoms with Crippen LogP contribution in [0.3, 0.4) is 0 Å². The van der Waals surface area contributed by atoms with Gasteiger partial charge in [0.15, 0.2) is 5.82 Å². The molecule has 0 amide bonds. The van der Waals surface area contributed by atoms with Crippen LogP contribution in [0.2, 0.25) is 0 Å². The second kappa shape index (κ2) is 10.7. The minimum Gasteiger partial charge on any atom is -0.494 e. The zero-order valence-electron chi connectivity index (χ0n) is 21.2. The van der Waals surface area contributed by atoms with Crippen LogP contribution in [0.5, 0.6) is 5.75 Å². The first-order valence-corrected chi connectivity index (χ1v) is 11.8. The van der Waals surface area contributed by atoms with E-state index < -0.39 is 23.3 Å². The van der Waals surface area contributed by atoms with E-state index in [4.69, 9.17) is 16.3 Å². The molecule has 0 fully saturated rings. The van der Waals surface area contributed by atoms with Crippen LogP contribution in [0.4, 0.5) is 8.78 Å². The molecule has 0 bridgehead atoms. The highest BCUT2D eigenvalue weighted by atomic mass is 19.1. The van der Waals surface area contributed by atoms with Crippen LogP contribution in [-0.4, -0.2) is 38.8 Å². The van der Waals surface area contributed by atoms with E-state index in [9.17, 15) is 14.6 Å². The van der Waals surface area contributed by atoms with Crippen molar-refractivity contribution in [2.75, 3.05) is 13.7 Å². The zero-order valence-corrected chi connectivity index (χ0v) is 21.2. The van der Waals surface area contributed by atoms with Gasteiger partial charge in [-0.2, -0.15) is 0 Å². The average molecular weight is 522 g/mol. The number of hydrogen-bond acceptors (Lipinski definition) is 8. The molecule has 10 heteroatoms. The standard InChI is InChI=1S/C28H29F2N5O3/c1-28(2,37)20-13-22(34-27(25(20)30)16-6-8-19(29)9-7-16)23(36)15-35(32)14-21(31)18-11-17-5-4-10-33-26(17)24(12-18)38-3/h4-14,23,36-37H,15,31-32H2,1-3H3/b21-14-. The lowest BCUT2D eigenvalue weighted by Gasteiger charge is -2.24. The smallest absolute Gasteiger partial charge is 0.155 e. The van der Waals surface area contributed by atoms with Crippen molar-refractivity contribution in [3.63, 3.8) is 0 Å². The molecule has 4 aromatic rings. The minimum absolute atomic E-state index is 0.0728. The highest BCUT2D eigenvalue weighted by molar-refractivity contribution is 5.88. The van der Waals surface area contributed by atoms with Crippen molar-refractivity contribution in [2.24, 2.45) is 11.6 Å². The van der Waals surface area contributed by atoms with Crippen LogP contribution in [-0.2, 0) is 5.60 Å². The Morgan fingerprint density at radius 3 is 2.53 bits per heavy atom. The second-order valence-corrected chi connectivity index (χ2v) is 9.37. The van der Waals surface area contributed by atoms with Gasteiger partial charge in [0.05, 0.1) is 30.6 Å². The Kier molecular flexibility index (Phi) is 7.58. The molecule has 198 valence electrons. The number of nitrogens with two attached hydrogens (primary N) is 2. The van der Waals surface area contributed by atoms with Crippen molar-refractivity contribution in [1.29, 1.82) is 0 Å². The van der Waals surface area contributed by atoms with Gasteiger partial charge in [-0.15, -0.1) is 0 Å². The Morgan fingerprint density at radius 1 is 1.16 bits per heavy atom. The summed E-state index contributed by atoms with van der Waals surface area (Å²) in [5.41, 5.74) is 6.50. The van der Waals surface area contributed by atoms with E-state index in [-0.39, 0.29) is 29.1 Å². The largest absolute Gasteiger partial charge is 0.494 e. The van der Waals surface area contributed by atoms with E-state index in [2.05, 4.69) is 9.97 Å². The molecule has 6 N–H and O–H groups in total. The van der Waals surface area contributed by atoms with E-state index in [1.54, 1.807) is 18.3 Å². The van der Waals surface area contributed by atoms with E-state index >= 15 is 4.39 Å². The van der Waals surface area contributed by atoms with Crippen LogP contribution in [0, 0.1) is 11.6 Å². The quantitative estimate of drug-likeness (QED) is 0.202. The Bertz CT molecular complexity index is 1490. The number of halogens is 2. The van der Waals surface area contributed by atoms with Gasteiger partial charge in [-0.05, 0) is 62.4 Å². The Hall–Kier alpha value is -4.12. The van der Waals surface area contributed by atoms with Crippen LogP contribution in [0.25, 0.3) is 27.9 Å². The number of hydrogen-bond donors (Lipinski definition) is 4. The van der Waals surface area contributed by atoms with Gasteiger partial charge >= 0.3 is 0 Å². The predicted octanol–water partition coefficient (Wildman–Crippen LogP) is 3.98. The first-order valence-electron chi connectivity index (χ1n) is 11.8. The lowest BCUT2D eigenvalue weighted by Crippen LogP contribution is -2.31. The van der Waals surface area contributed by atoms with Crippen LogP contribution in [0.15, 0.2) is 67.0 Å². The fraction of sp³-hybridized carbons (Fsp3) is 0.214. The number of hydrazine groups is 1. The normalized spacial score (nSPS) is 13.0. The summed E-state index contributed by atoms with van der Waals surface area (Å²) in [7, 11) is 1.54. The van der Waals surface area contributed by atoms with Gasteiger partial charge in [-0.1, -0.05) is 6.07 Å². The molecule has 0 radical (unpaired) electrons. The summed E-state index contributed by atoms with van der Waals surface area (Å²) in [6.45, 7) is 2.68. The number of methoxy groups -OCH3 is 1. The third-order valence-corrected chi connectivity index (χ3v) is 6.01. The Morgan fingerprint density at radius 2 is 1.87 bits per heavy atom.